The van der Waals surface area contributed by atoms with Gasteiger partial charge >= 0.3 is 0 Å². The van der Waals surface area contributed by atoms with Crippen LogP contribution in [0.1, 0.15) is 5.56 Å². The summed E-state index contributed by atoms with van der Waals surface area (Å²) in [5.41, 5.74) is 1.01. The van der Waals surface area contributed by atoms with Crippen LogP contribution in [0.2, 0.25) is 0 Å². The van der Waals surface area contributed by atoms with Crippen LogP contribution >= 0.6 is 15.9 Å². The van der Waals surface area contributed by atoms with E-state index >= 15 is 0 Å². The predicted molar refractivity (Wildman–Crippen MR) is 76.8 cm³/mol. The lowest BCUT2D eigenvalue weighted by Crippen LogP contribution is -2.23. The normalized spacial score (nSPS) is 9.95. The SMILES string of the molecule is COc1cc(CCN(C)C(=O)Br)cc(OC)c1OC. The molecule has 0 N–H and O–H groups in total. The molecule has 0 aliphatic heterocycles. The summed E-state index contributed by atoms with van der Waals surface area (Å²) in [5.74, 6) is 1.80. The van der Waals surface area contributed by atoms with E-state index < -0.39 is 0 Å². The van der Waals surface area contributed by atoms with Gasteiger partial charge in [0.25, 0.3) is 4.82 Å². The van der Waals surface area contributed by atoms with Crippen molar-refractivity contribution in [3.63, 3.8) is 0 Å². The number of carbonyl (C=O) groups is 1. The number of hydrogen-bond donors (Lipinski definition) is 0. The molecule has 0 saturated carbocycles. The van der Waals surface area contributed by atoms with Crippen LogP contribution < -0.4 is 14.2 Å². The second-order valence-corrected chi connectivity index (χ2v) is 4.64. The molecule has 0 aromatic heterocycles. The molecule has 0 radical (unpaired) electrons. The van der Waals surface area contributed by atoms with Gasteiger partial charge in [0.05, 0.1) is 21.3 Å². The van der Waals surface area contributed by atoms with Crippen molar-refractivity contribution in [1.29, 1.82) is 0 Å². The molecule has 0 bridgehead atoms. The number of methoxy groups -OCH3 is 3. The van der Waals surface area contributed by atoms with Crippen molar-refractivity contribution in [3.05, 3.63) is 17.7 Å². The van der Waals surface area contributed by atoms with Crippen LogP contribution in [-0.2, 0) is 6.42 Å². The third kappa shape index (κ3) is 4.02. The number of ether oxygens (including phenoxy) is 3. The largest absolute Gasteiger partial charge is 0.493 e. The molecular formula is C13H18BrNO4. The molecule has 1 aromatic carbocycles. The summed E-state index contributed by atoms with van der Waals surface area (Å²) in [6, 6.07) is 3.77. The predicted octanol–water partition coefficient (Wildman–Crippen LogP) is 2.70. The number of hydrogen-bond acceptors (Lipinski definition) is 4. The fraction of sp³-hybridized carbons (Fsp3) is 0.462. The second kappa shape index (κ2) is 7.23. The third-order valence-corrected chi connectivity index (χ3v) is 3.37. The minimum atomic E-state index is -0.139. The van der Waals surface area contributed by atoms with Crippen molar-refractivity contribution < 1.29 is 19.0 Å². The Bertz CT molecular complexity index is 425. The number of likely N-dealkylation sites (N-methyl/N-ethyl adjacent to an activating group) is 1. The lowest BCUT2D eigenvalue weighted by atomic mass is 10.1. The zero-order valence-electron chi connectivity index (χ0n) is 11.5. The zero-order valence-corrected chi connectivity index (χ0v) is 13.1. The van der Waals surface area contributed by atoms with Crippen LogP contribution in [0.5, 0.6) is 17.2 Å². The standard InChI is InChI=1S/C13H18BrNO4/c1-15(13(14)16)6-5-9-7-10(17-2)12(19-4)11(8-9)18-3/h7-8H,5-6H2,1-4H3. The molecule has 19 heavy (non-hydrogen) atoms. The van der Waals surface area contributed by atoms with E-state index in [0.717, 1.165) is 5.56 Å². The molecule has 0 unspecified atom stereocenters. The smallest absolute Gasteiger partial charge is 0.289 e. The summed E-state index contributed by atoms with van der Waals surface area (Å²) >= 11 is 2.91. The highest BCUT2D eigenvalue weighted by molar-refractivity contribution is 9.18. The molecule has 0 atom stereocenters. The van der Waals surface area contributed by atoms with E-state index in [1.807, 2.05) is 12.1 Å². The Hall–Kier alpha value is -1.43. The highest BCUT2D eigenvalue weighted by Gasteiger charge is 2.13. The number of amides is 1. The average molecular weight is 332 g/mol. The molecular weight excluding hydrogens is 314 g/mol. The first kappa shape index (κ1) is 15.6. The fourth-order valence-electron chi connectivity index (χ4n) is 1.66. The molecule has 0 fully saturated rings. The lowest BCUT2D eigenvalue weighted by Gasteiger charge is -2.16. The van der Waals surface area contributed by atoms with Crippen molar-refractivity contribution >= 4 is 20.7 Å². The van der Waals surface area contributed by atoms with Crippen LogP contribution in [-0.4, -0.2) is 44.6 Å². The van der Waals surface area contributed by atoms with Crippen molar-refractivity contribution in [2.24, 2.45) is 0 Å². The van der Waals surface area contributed by atoms with Gasteiger partial charge in [0, 0.05) is 29.5 Å². The Balaban J connectivity index is 2.93. The summed E-state index contributed by atoms with van der Waals surface area (Å²) in [5, 5.41) is 0. The van der Waals surface area contributed by atoms with E-state index in [0.29, 0.717) is 30.2 Å². The van der Waals surface area contributed by atoms with Gasteiger partial charge < -0.3 is 19.1 Å². The van der Waals surface area contributed by atoms with Gasteiger partial charge in [-0.1, -0.05) is 0 Å². The molecule has 0 spiro atoms. The number of benzene rings is 1. The molecule has 0 aliphatic rings. The minimum absolute atomic E-state index is 0.139. The molecule has 1 rings (SSSR count). The van der Waals surface area contributed by atoms with E-state index in [2.05, 4.69) is 15.9 Å². The topological polar surface area (TPSA) is 48.0 Å². The first-order valence-corrected chi connectivity index (χ1v) is 6.52. The Morgan fingerprint density at radius 3 is 2.05 bits per heavy atom. The Kier molecular flexibility index (Phi) is 5.95. The Morgan fingerprint density at radius 1 is 1.16 bits per heavy atom. The minimum Gasteiger partial charge on any atom is -0.493 e. The first-order chi connectivity index (χ1) is 9.03. The summed E-state index contributed by atoms with van der Waals surface area (Å²) in [6.07, 6.45) is 0.699. The maximum absolute atomic E-state index is 11.1. The molecule has 0 aliphatic carbocycles. The van der Waals surface area contributed by atoms with Gasteiger partial charge in [-0.05, 0) is 24.1 Å². The van der Waals surface area contributed by atoms with Crippen molar-refractivity contribution in [3.8, 4) is 17.2 Å². The highest BCUT2D eigenvalue weighted by atomic mass is 79.9. The van der Waals surface area contributed by atoms with E-state index in [1.165, 1.54) is 0 Å². The molecule has 1 aromatic rings. The zero-order chi connectivity index (χ0) is 14.4. The van der Waals surface area contributed by atoms with Gasteiger partial charge in [0.15, 0.2) is 11.5 Å². The van der Waals surface area contributed by atoms with Crippen molar-refractivity contribution in [1.82, 2.24) is 4.90 Å². The van der Waals surface area contributed by atoms with E-state index in [4.69, 9.17) is 14.2 Å². The molecule has 0 saturated heterocycles. The van der Waals surface area contributed by atoms with Crippen LogP contribution in [0.15, 0.2) is 12.1 Å². The van der Waals surface area contributed by atoms with Gasteiger partial charge in [-0.15, -0.1) is 0 Å². The lowest BCUT2D eigenvalue weighted by molar-refractivity contribution is 0.235. The number of nitrogens with zero attached hydrogens (tertiary/aromatic N) is 1. The van der Waals surface area contributed by atoms with Crippen LogP contribution in [0.4, 0.5) is 4.79 Å². The summed E-state index contributed by atoms with van der Waals surface area (Å²) in [6.45, 7) is 0.600. The van der Waals surface area contributed by atoms with E-state index in [-0.39, 0.29) is 4.82 Å². The van der Waals surface area contributed by atoms with Gasteiger partial charge in [0.2, 0.25) is 5.75 Å². The van der Waals surface area contributed by atoms with Crippen molar-refractivity contribution in [2.45, 2.75) is 6.42 Å². The molecule has 5 nitrogen and oxygen atoms in total. The average Bonchev–Trinajstić information content (AvgIpc) is 2.42. The quantitative estimate of drug-likeness (QED) is 0.594. The summed E-state index contributed by atoms with van der Waals surface area (Å²) in [7, 11) is 6.46. The maximum atomic E-state index is 11.1. The van der Waals surface area contributed by atoms with Gasteiger partial charge in [-0.3, -0.25) is 4.79 Å². The number of halogens is 1. The van der Waals surface area contributed by atoms with Crippen molar-refractivity contribution in [2.75, 3.05) is 34.9 Å². The Labute approximate surface area is 121 Å². The number of carbonyl (C=O) groups excluding carboxylic acids is 1. The highest BCUT2D eigenvalue weighted by Crippen LogP contribution is 2.38. The molecule has 106 valence electrons. The number of rotatable bonds is 6. The van der Waals surface area contributed by atoms with Gasteiger partial charge in [0.1, 0.15) is 0 Å². The summed E-state index contributed by atoms with van der Waals surface area (Å²) < 4.78 is 15.8. The molecule has 6 heteroatoms. The Morgan fingerprint density at radius 2 is 1.68 bits per heavy atom. The van der Waals surface area contributed by atoms with Crippen LogP contribution in [0.25, 0.3) is 0 Å². The van der Waals surface area contributed by atoms with Crippen LogP contribution in [0, 0.1) is 0 Å². The third-order valence-electron chi connectivity index (χ3n) is 2.76. The second-order valence-electron chi connectivity index (χ2n) is 3.96. The van der Waals surface area contributed by atoms with E-state index in [9.17, 15) is 4.79 Å². The first-order valence-electron chi connectivity index (χ1n) is 5.73. The molecule has 1 amide bonds. The fourth-order valence-corrected chi connectivity index (χ4v) is 1.84. The van der Waals surface area contributed by atoms with Crippen LogP contribution in [0.3, 0.4) is 0 Å². The van der Waals surface area contributed by atoms with E-state index in [1.54, 1.807) is 33.3 Å². The summed E-state index contributed by atoms with van der Waals surface area (Å²) in [4.78, 5) is 12.5. The monoisotopic (exact) mass is 331 g/mol. The van der Waals surface area contributed by atoms with Gasteiger partial charge in [-0.2, -0.15) is 0 Å². The molecule has 0 heterocycles. The maximum Gasteiger partial charge on any atom is 0.289 e. The van der Waals surface area contributed by atoms with Gasteiger partial charge in [-0.25, -0.2) is 0 Å².